The van der Waals surface area contributed by atoms with Crippen LogP contribution < -0.4 is 11.1 Å². The number of nitrogen functional groups attached to an aromatic ring is 1. The Bertz CT molecular complexity index is 1020. The fraction of sp³-hybridized carbons (Fsp3) is 0.0500. The van der Waals surface area contributed by atoms with E-state index in [1.54, 1.807) is 36.4 Å². The molecule has 0 saturated carbocycles. The Kier molecular flexibility index (Phi) is 5.82. The molecule has 4 nitrogen and oxygen atoms in total. The number of aryl methyl sites for hydroxylation is 1. The number of rotatable bonds is 4. The summed E-state index contributed by atoms with van der Waals surface area (Å²) in [5, 5.41) is 2.79. The standard InChI is InChI=1S/C20H15Br2FN2O2/c1-11-8-13(24)10-16(22)20(11)25-19(26)7-4-14-3-6-18(27-14)15-5-2-12(21)9-17(15)23/h2-10H,24H2,1H3,(H,25,26)/b7-4+. The molecule has 3 aromatic rings. The molecule has 0 radical (unpaired) electrons. The summed E-state index contributed by atoms with van der Waals surface area (Å²) in [5.74, 6) is 0.111. The Morgan fingerprint density at radius 3 is 2.67 bits per heavy atom. The van der Waals surface area contributed by atoms with E-state index < -0.39 is 5.82 Å². The Hall–Kier alpha value is -2.38. The van der Waals surface area contributed by atoms with Gasteiger partial charge in [-0.25, -0.2) is 4.39 Å². The molecule has 27 heavy (non-hydrogen) atoms. The maximum absolute atomic E-state index is 14.0. The average Bonchev–Trinajstić information content (AvgIpc) is 3.05. The van der Waals surface area contributed by atoms with Crippen LogP contribution in [0.3, 0.4) is 0 Å². The topological polar surface area (TPSA) is 68.3 Å². The van der Waals surface area contributed by atoms with Crippen LogP contribution in [0.1, 0.15) is 11.3 Å². The number of amides is 1. The van der Waals surface area contributed by atoms with Crippen LogP contribution in [0.2, 0.25) is 0 Å². The van der Waals surface area contributed by atoms with Gasteiger partial charge in [-0.2, -0.15) is 0 Å². The normalized spacial score (nSPS) is 11.1. The first-order valence-corrected chi connectivity index (χ1v) is 9.52. The summed E-state index contributed by atoms with van der Waals surface area (Å²) in [4.78, 5) is 12.2. The minimum absolute atomic E-state index is 0.323. The van der Waals surface area contributed by atoms with Crippen LogP contribution >= 0.6 is 31.9 Å². The number of nitrogens with one attached hydrogen (secondary N) is 1. The lowest BCUT2D eigenvalue weighted by molar-refractivity contribution is -0.111. The van der Waals surface area contributed by atoms with E-state index in [2.05, 4.69) is 37.2 Å². The molecule has 0 unspecified atom stereocenters. The maximum atomic E-state index is 14.0. The molecule has 0 aliphatic heterocycles. The highest BCUT2D eigenvalue weighted by atomic mass is 79.9. The van der Waals surface area contributed by atoms with Crippen molar-refractivity contribution in [2.45, 2.75) is 6.92 Å². The van der Waals surface area contributed by atoms with Crippen molar-refractivity contribution in [3.8, 4) is 11.3 Å². The van der Waals surface area contributed by atoms with Crippen molar-refractivity contribution < 1.29 is 13.6 Å². The Morgan fingerprint density at radius 2 is 1.96 bits per heavy atom. The van der Waals surface area contributed by atoms with Gasteiger partial charge in [0.1, 0.15) is 17.3 Å². The minimum Gasteiger partial charge on any atom is -0.457 e. The van der Waals surface area contributed by atoms with E-state index in [9.17, 15) is 9.18 Å². The molecule has 1 aromatic heterocycles. The van der Waals surface area contributed by atoms with Crippen LogP contribution in [0, 0.1) is 12.7 Å². The Balaban J connectivity index is 1.73. The molecule has 3 N–H and O–H groups in total. The number of nitrogens with two attached hydrogens (primary N) is 1. The van der Waals surface area contributed by atoms with E-state index in [0.717, 1.165) is 5.56 Å². The van der Waals surface area contributed by atoms with Crippen molar-refractivity contribution in [3.05, 3.63) is 74.6 Å². The van der Waals surface area contributed by atoms with Gasteiger partial charge in [-0.3, -0.25) is 4.79 Å². The summed E-state index contributed by atoms with van der Waals surface area (Å²) in [6, 6.07) is 11.5. The fourth-order valence-corrected chi connectivity index (χ4v) is 3.54. The third kappa shape index (κ3) is 4.67. The predicted octanol–water partition coefficient (Wildman–Crippen LogP) is 6.15. The van der Waals surface area contributed by atoms with Crippen molar-refractivity contribution in [2.75, 3.05) is 11.1 Å². The zero-order chi connectivity index (χ0) is 19.6. The fourth-order valence-electron chi connectivity index (χ4n) is 2.53. The summed E-state index contributed by atoms with van der Waals surface area (Å²) in [5.41, 5.74) is 8.21. The van der Waals surface area contributed by atoms with Crippen molar-refractivity contribution >= 4 is 55.2 Å². The number of halogens is 3. The van der Waals surface area contributed by atoms with Gasteiger partial charge in [-0.05, 0) is 77.0 Å². The van der Waals surface area contributed by atoms with Crippen LogP contribution in [0.4, 0.5) is 15.8 Å². The maximum Gasteiger partial charge on any atom is 0.248 e. The van der Waals surface area contributed by atoms with Crippen molar-refractivity contribution in [1.82, 2.24) is 0 Å². The molecule has 138 valence electrons. The molecule has 1 heterocycles. The van der Waals surface area contributed by atoms with Crippen LogP contribution in [0.15, 0.2) is 61.9 Å². The number of hydrogen-bond donors (Lipinski definition) is 2. The quantitative estimate of drug-likeness (QED) is 0.338. The number of anilines is 2. The molecule has 0 aliphatic carbocycles. The smallest absolute Gasteiger partial charge is 0.248 e. The third-order valence-corrected chi connectivity index (χ3v) is 4.90. The molecule has 0 bridgehead atoms. The van der Waals surface area contributed by atoms with E-state index in [0.29, 0.717) is 37.4 Å². The van der Waals surface area contributed by atoms with E-state index in [4.69, 9.17) is 10.2 Å². The van der Waals surface area contributed by atoms with Crippen molar-refractivity contribution in [3.63, 3.8) is 0 Å². The molecule has 0 atom stereocenters. The molecule has 3 rings (SSSR count). The van der Waals surface area contributed by atoms with E-state index in [1.807, 2.05) is 6.92 Å². The highest BCUT2D eigenvalue weighted by Crippen LogP contribution is 2.29. The number of furan rings is 1. The van der Waals surface area contributed by atoms with Gasteiger partial charge < -0.3 is 15.5 Å². The van der Waals surface area contributed by atoms with Gasteiger partial charge in [-0.15, -0.1) is 0 Å². The molecule has 2 aromatic carbocycles. The van der Waals surface area contributed by atoms with Gasteiger partial charge in [-0.1, -0.05) is 15.9 Å². The molecular formula is C20H15Br2FN2O2. The molecule has 0 fully saturated rings. The number of carbonyl (C=O) groups is 1. The monoisotopic (exact) mass is 492 g/mol. The molecular weight excluding hydrogens is 479 g/mol. The average molecular weight is 494 g/mol. The predicted molar refractivity (Wildman–Crippen MR) is 113 cm³/mol. The minimum atomic E-state index is -0.393. The van der Waals surface area contributed by atoms with Crippen LogP contribution in [0.5, 0.6) is 0 Å². The first-order chi connectivity index (χ1) is 12.8. The number of benzene rings is 2. The second-order valence-corrected chi connectivity index (χ2v) is 7.61. The first-order valence-electron chi connectivity index (χ1n) is 7.93. The van der Waals surface area contributed by atoms with Crippen LogP contribution in [-0.4, -0.2) is 5.91 Å². The number of hydrogen-bond acceptors (Lipinski definition) is 3. The van der Waals surface area contributed by atoms with Gasteiger partial charge in [0.05, 0.1) is 11.3 Å². The van der Waals surface area contributed by atoms with Gasteiger partial charge in [0.15, 0.2) is 0 Å². The van der Waals surface area contributed by atoms with Gasteiger partial charge >= 0.3 is 0 Å². The summed E-state index contributed by atoms with van der Waals surface area (Å²) in [7, 11) is 0. The van der Waals surface area contributed by atoms with Crippen LogP contribution in [0.25, 0.3) is 17.4 Å². The lowest BCUT2D eigenvalue weighted by atomic mass is 10.1. The lowest BCUT2D eigenvalue weighted by Crippen LogP contribution is -2.09. The lowest BCUT2D eigenvalue weighted by Gasteiger charge is -2.10. The van der Waals surface area contributed by atoms with E-state index >= 15 is 0 Å². The summed E-state index contributed by atoms with van der Waals surface area (Å²) in [6.45, 7) is 1.85. The van der Waals surface area contributed by atoms with Gasteiger partial charge in [0, 0.05) is 20.7 Å². The second kappa shape index (κ2) is 8.10. The number of carbonyl (C=O) groups excluding carboxylic acids is 1. The molecule has 0 aliphatic rings. The molecule has 0 saturated heterocycles. The molecule has 0 spiro atoms. The molecule has 1 amide bonds. The van der Waals surface area contributed by atoms with Crippen molar-refractivity contribution in [2.24, 2.45) is 0 Å². The van der Waals surface area contributed by atoms with Gasteiger partial charge in [0.2, 0.25) is 5.91 Å². The van der Waals surface area contributed by atoms with E-state index in [-0.39, 0.29) is 5.91 Å². The highest BCUT2D eigenvalue weighted by Gasteiger charge is 2.10. The Morgan fingerprint density at radius 1 is 1.19 bits per heavy atom. The first kappa shape index (κ1) is 19.4. The highest BCUT2D eigenvalue weighted by molar-refractivity contribution is 9.10. The van der Waals surface area contributed by atoms with Crippen LogP contribution in [-0.2, 0) is 4.79 Å². The SMILES string of the molecule is Cc1cc(N)cc(Br)c1NC(=O)/C=C/c1ccc(-c2ccc(Br)cc2F)o1. The zero-order valence-electron chi connectivity index (χ0n) is 14.2. The summed E-state index contributed by atoms with van der Waals surface area (Å²) >= 11 is 6.61. The second-order valence-electron chi connectivity index (χ2n) is 5.84. The zero-order valence-corrected chi connectivity index (χ0v) is 17.4. The Labute approximate surface area is 172 Å². The largest absolute Gasteiger partial charge is 0.457 e. The van der Waals surface area contributed by atoms with E-state index in [1.165, 1.54) is 18.2 Å². The third-order valence-electron chi connectivity index (χ3n) is 3.78. The summed E-state index contributed by atoms with van der Waals surface area (Å²) in [6.07, 6.45) is 2.87. The molecule has 7 heteroatoms. The van der Waals surface area contributed by atoms with Gasteiger partial charge in [0.25, 0.3) is 0 Å². The van der Waals surface area contributed by atoms with Crippen molar-refractivity contribution in [1.29, 1.82) is 0 Å². The summed E-state index contributed by atoms with van der Waals surface area (Å²) < 4.78 is 21.0.